The molecule has 29 heavy (non-hydrogen) atoms. The number of amides is 4. The summed E-state index contributed by atoms with van der Waals surface area (Å²) < 4.78 is 4.80. The monoisotopic (exact) mass is 402 g/mol. The summed E-state index contributed by atoms with van der Waals surface area (Å²) in [5, 5.41) is 10.2. The van der Waals surface area contributed by atoms with Crippen molar-refractivity contribution in [1.29, 1.82) is 0 Å². The van der Waals surface area contributed by atoms with Crippen molar-refractivity contribution in [3.63, 3.8) is 0 Å². The van der Waals surface area contributed by atoms with Crippen LogP contribution >= 0.6 is 0 Å². The van der Waals surface area contributed by atoms with E-state index in [1.807, 2.05) is 44.2 Å². The van der Waals surface area contributed by atoms with Crippen LogP contribution in [0, 0.1) is 5.92 Å². The van der Waals surface area contributed by atoms with Crippen LogP contribution in [0.5, 0.6) is 0 Å². The molecular formula is C20H26N4O5. The molecule has 156 valence electrons. The Hall–Kier alpha value is -3.23. The predicted molar refractivity (Wildman–Crippen MR) is 106 cm³/mol. The third kappa shape index (κ3) is 7.73. The van der Waals surface area contributed by atoms with E-state index in [-0.39, 0.29) is 24.7 Å². The molecule has 2 N–H and O–H groups in total. The molecule has 0 fully saturated rings. The number of rotatable bonds is 8. The number of urea groups is 1. The van der Waals surface area contributed by atoms with Crippen molar-refractivity contribution >= 4 is 29.5 Å². The van der Waals surface area contributed by atoms with Crippen LogP contribution in [0.15, 0.2) is 35.4 Å². The second-order valence-corrected chi connectivity index (χ2v) is 6.99. The van der Waals surface area contributed by atoms with Gasteiger partial charge in [-0.05, 0) is 11.5 Å². The highest BCUT2D eigenvalue weighted by atomic mass is 16.5. The summed E-state index contributed by atoms with van der Waals surface area (Å²) in [6.07, 6.45) is 0.415. The zero-order valence-corrected chi connectivity index (χ0v) is 16.6. The first-order valence-electron chi connectivity index (χ1n) is 9.51. The molecule has 1 aromatic rings. The van der Waals surface area contributed by atoms with E-state index in [1.54, 1.807) is 0 Å². The van der Waals surface area contributed by atoms with Crippen LogP contribution in [-0.4, -0.2) is 54.2 Å². The topological polar surface area (TPSA) is 117 Å². The van der Waals surface area contributed by atoms with Crippen LogP contribution in [0.1, 0.15) is 38.7 Å². The fourth-order valence-corrected chi connectivity index (χ4v) is 2.53. The van der Waals surface area contributed by atoms with Crippen molar-refractivity contribution in [1.82, 2.24) is 15.6 Å². The lowest BCUT2D eigenvalue weighted by Gasteiger charge is -2.11. The average molecular weight is 402 g/mol. The number of carbonyl (C=O) groups is 4. The van der Waals surface area contributed by atoms with Gasteiger partial charge in [-0.1, -0.05) is 44.2 Å². The standard InChI is InChI=1S/C20H26N4O5/c1-14(2)12-21-20(28)22-17(25)13-29-19(27)9-8-18(26)24-11-10-16(23-24)15-6-4-3-5-7-15/h3-7,14H,8-13H2,1-2H3,(H2,21,22,25,28). The van der Waals surface area contributed by atoms with E-state index in [0.29, 0.717) is 19.5 Å². The molecule has 0 saturated heterocycles. The smallest absolute Gasteiger partial charge is 0.321 e. The first-order chi connectivity index (χ1) is 13.8. The molecule has 0 aliphatic carbocycles. The molecule has 4 amide bonds. The van der Waals surface area contributed by atoms with E-state index in [1.165, 1.54) is 5.01 Å². The normalized spacial score (nSPS) is 13.1. The highest BCUT2D eigenvalue weighted by Crippen LogP contribution is 2.15. The summed E-state index contributed by atoms with van der Waals surface area (Å²) in [6.45, 7) is 4.14. The van der Waals surface area contributed by atoms with Gasteiger partial charge in [0.05, 0.1) is 18.7 Å². The van der Waals surface area contributed by atoms with Crippen molar-refractivity contribution in [2.75, 3.05) is 19.7 Å². The van der Waals surface area contributed by atoms with Crippen LogP contribution in [0.3, 0.4) is 0 Å². The van der Waals surface area contributed by atoms with Gasteiger partial charge in [-0.2, -0.15) is 5.10 Å². The van der Waals surface area contributed by atoms with Gasteiger partial charge in [-0.3, -0.25) is 19.7 Å². The summed E-state index contributed by atoms with van der Waals surface area (Å²) in [5.74, 6) is -1.47. The Morgan fingerprint density at radius 2 is 1.86 bits per heavy atom. The molecule has 0 aromatic heterocycles. The van der Waals surface area contributed by atoms with E-state index in [2.05, 4.69) is 15.7 Å². The van der Waals surface area contributed by atoms with Crippen molar-refractivity contribution < 1.29 is 23.9 Å². The average Bonchev–Trinajstić information content (AvgIpc) is 3.20. The lowest BCUT2D eigenvalue weighted by molar-refractivity contribution is -0.149. The van der Waals surface area contributed by atoms with Crippen molar-refractivity contribution in [3.8, 4) is 0 Å². The molecule has 0 spiro atoms. The van der Waals surface area contributed by atoms with Gasteiger partial charge in [0.2, 0.25) is 5.91 Å². The maximum absolute atomic E-state index is 12.2. The molecule has 9 nitrogen and oxygen atoms in total. The maximum atomic E-state index is 12.2. The van der Waals surface area contributed by atoms with Gasteiger partial charge in [-0.25, -0.2) is 9.80 Å². The van der Waals surface area contributed by atoms with E-state index >= 15 is 0 Å². The van der Waals surface area contributed by atoms with E-state index in [9.17, 15) is 19.2 Å². The van der Waals surface area contributed by atoms with Gasteiger partial charge in [-0.15, -0.1) is 0 Å². The quantitative estimate of drug-likeness (QED) is 0.638. The number of benzene rings is 1. The minimum atomic E-state index is -0.734. The Morgan fingerprint density at radius 1 is 1.14 bits per heavy atom. The molecular weight excluding hydrogens is 376 g/mol. The first-order valence-corrected chi connectivity index (χ1v) is 9.51. The molecule has 1 heterocycles. The third-order valence-electron chi connectivity index (χ3n) is 4.03. The molecule has 2 rings (SSSR count). The number of imide groups is 1. The number of carbonyl (C=O) groups excluding carboxylic acids is 4. The van der Waals surface area contributed by atoms with Gasteiger partial charge >= 0.3 is 12.0 Å². The Balaban J connectivity index is 1.67. The first kappa shape index (κ1) is 22.1. The maximum Gasteiger partial charge on any atom is 0.321 e. The van der Waals surface area contributed by atoms with E-state index in [4.69, 9.17) is 4.74 Å². The van der Waals surface area contributed by atoms with Crippen LogP contribution < -0.4 is 10.6 Å². The number of hydrogen-bond acceptors (Lipinski definition) is 6. The fraction of sp³-hybridized carbons (Fsp3) is 0.450. The van der Waals surface area contributed by atoms with Crippen molar-refractivity contribution in [3.05, 3.63) is 35.9 Å². The second kappa shape index (κ2) is 10.9. The second-order valence-electron chi connectivity index (χ2n) is 6.99. The molecule has 1 aliphatic rings. The van der Waals surface area contributed by atoms with Gasteiger partial charge in [0.1, 0.15) is 0 Å². The number of hydrazone groups is 1. The highest BCUT2D eigenvalue weighted by molar-refractivity contribution is 6.02. The lowest BCUT2D eigenvalue weighted by atomic mass is 10.1. The zero-order valence-electron chi connectivity index (χ0n) is 16.6. The van der Waals surface area contributed by atoms with E-state index in [0.717, 1.165) is 11.3 Å². The molecule has 0 bridgehead atoms. The summed E-state index contributed by atoms with van der Waals surface area (Å²) >= 11 is 0. The molecule has 0 unspecified atom stereocenters. The molecule has 1 aliphatic heterocycles. The fourth-order valence-electron chi connectivity index (χ4n) is 2.53. The van der Waals surface area contributed by atoms with Crippen LogP contribution in [-0.2, 0) is 19.1 Å². The van der Waals surface area contributed by atoms with Gasteiger partial charge in [0, 0.05) is 19.4 Å². The number of hydrogen-bond donors (Lipinski definition) is 2. The van der Waals surface area contributed by atoms with Crippen LogP contribution in [0.2, 0.25) is 0 Å². The molecule has 1 aromatic carbocycles. The predicted octanol–water partition coefficient (Wildman–Crippen LogP) is 1.43. The zero-order chi connectivity index (χ0) is 21.2. The number of esters is 1. The van der Waals surface area contributed by atoms with Crippen molar-refractivity contribution in [2.24, 2.45) is 11.0 Å². The minimum absolute atomic E-state index is 0.0686. The summed E-state index contributed by atoms with van der Waals surface area (Å²) in [6, 6.07) is 8.93. The number of ether oxygens (including phenoxy) is 1. The van der Waals surface area contributed by atoms with E-state index < -0.39 is 24.5 Å². The SMILES string of the molecule is CC(C)CNC(=O)NC(=O)COC(=O)CCC(=O)N1CCC(c2ccccc2)=N1. The Bertz CT molecular complexity index is 776. The number of nitrogens with zero attached hydrogens (tertiary/aromatic N) is 2. The lowest BCUT2D eigenvalue weighted by Crippen LogP contribution is -2.42. The minimum Gasteiger partial charge on any atom is -0.456 e. The van der Waals surface area contributed by atoms with Gasteiger partial charge in [0.25, 0.3) is 5.91 Å². The Kier molecular flexibility index (Phi) is 8.32. The largest absolute Gasteiger partial charge is 0.456 e. The summed E-state index contributed by atoms with van der Waals surface area (Å²) in [5.41, 5.74) is 1.79. The van der Waals surface area contributed by atoms with Gasteiger partial charge in [0.15, 0.2) is 6.61 Å². The highest BCUT2D eigenvalue weighted by Gasteiger charge is 2.22. The third-order valence-corrected chi connectivity index (χ3v) is 4.03. The molecule has 0 radical (unpaired) electrons. The summed E-state index contributed by atoms with van der Waals surface area (Å²) in [4.78, 5) is 47.0. The summed E-state index contributed by atoms with van der Waals surface area (Å²) in [7, 11) is 0. The van der Waals surface area contributed by atoms with Crippen LogP contribution in [0.4, 0.5) is 4.79 Å². The molecule has 9 heteroatoms. The van der Waals surface area contributed by atoms with Gasteiger partial charge < -0.3 is 10.1 Å². The van der Waals surface area contributed by atoms with Crippen LogP contribution in [0.25, 0.3) is 0 Å². The molecule has 0 atom stereocenters. The Labute approximate surface area is 169 Å². The van der Waals surface area contributed by atoms with Crippen molar-refractivity contribution in [2.45, 2.75) is 33.1 Å². The molecule has 0 saturated carbocycles. The Morgan fingerprint density at radius 3 is 2.55 bits per heavy atom. The number of nitrogens with one attached hydrogen (secondary N) is 2.